The SMILES string of the molecule is O=C(O)c1ccsc1NC(=O)c1cccc2cccnc12. The van der Waals surface area contributed by atoms with Crippen molar-refractivity contribution in [1.29, 1.82) is 0 Å². The smallest absolute Gasteiger partial charge is 0.338 e. The number of carboxylic acids is 1. The lowest BCUT2D eigenvalue weighted by Crippen LogP contribution is -2.14. The maximum atomic E-state index is 12.4. The number of pyridine rings is 1. The van der Waals surface area contributed by atoms with E-state index in [0.29, 0.717) is 16.1 Å². The van der Waals surface area contributed by atoms with Crippen molar-refractivity contribution in [2.24, 2.45) is 0 Å². The molecular weight excluding hydrogens is 288 g/mol. The number of nitrogens with one attached hydrogen (secondary N) is 1. The zero-order valence-corrected chi connectivity index (χ0v) is 11.6. The molecule has 3 rings (SSSR count). The standard InChI is InChI=1S/C15H10N2O3S/c18-13(17-14-11(15(19)20)6-8-21-14)10-5-1-3-9-4-2-7-16-12(9)10/h1-8H,(H,17,18)(H,19,20). The van der Waals surface area contributed by atoms with Gasteiger partial charge >= 0.3 is 5.97 Å². The Morgan fingerprint density at radius 2 is 1.90 bits per heavy atom. The zero-order valence-electron chi connectivity index (χ0n) is 10.7. The second-order valence-corrected chi connectivity index (χ2v) is 5.22. The van der Waals surface area contributed by atoms with E-state index >= 15 is 0 Å². The summed E-state index contributed by atoms with van der Waals surface area (Å²) in [5.41, 5.74) is 1.09. The average Bonchev–Trinajstić information content (AvgIpc) is 2.95. The maximum Gasteiger partial charge on any atom is 0.338 e. The monoisotopic (exact) mass is 298 g/mol. The van der Waals surface area contributed by atoms with Crippen LogP contribution < -0.4 is 5.32 Å². The van der Waals surface area contributed by atoms with Crippen LogP contribution in [0.15, 0.2) is 48.0 Å². The summed E-state index contributed by atoms with van der Waals surface area (Å²) in [5.74, 6) is -1.44. The van der Waals surface area contributed by atoms with Crippen LogP contribution in [-0.4, -0.2) is 22.0 Å². The van der Waals surface area contributed by atoms with E-state index in [-0.39, 0.29) is 11.5 Å². The van der Waals surface area contributed by atoms with E-state index < -0.39 is 5.97 Å². The van der Waals surface area contributed by atoms with Crippen molar-refractivity contribution < 1.29 is 14.7 Å². The number of benzene rings is 1. The van der Waals surface area contributed by atoms with Gasteiger partial charge in [-0.3, -0.25) is 9.78 Å². The third-order valence-electron chi connectivity index (χ3n) is 3.00. The molecule has 1 amide bonds. The van der Waals surface area contributed by atoms with E-state index in [1.165, 1.54) is 17.4 Å². The molecule has 104 valence electrons. The Morgan fingerprint density at radius 1 is 1.10 bits per heavy atom. The first-order chi connectivity index (χ1) is 10.2. The number of nitrogens with zero attached hydrogens (tertiary/aromatic N) is 1. The molecule has 5 nitrogen and oxygen atoms in total. The molecule has 0 spiro atoms. The second-order valence-electron chi connectivity index (χ2n) is 4.30. The van der Waals surface area contributed by atoms with Crippen molar-refractivity contribution in [2.75, 3.05) is 5.32 Å². The van der Waals surface area contributed by atoms with Crippen LogP contribution in [0.25, 0.3) is 10.9 Å². The summed E-state index contributed by atoms with van der Waals surface area (Å²) in [5, 5.41) is 14.5. The quantitative estimate of drug-likeness (QED) is 0.778. The van der Waals surface area contributed by atoms with Crippen molar-refractivity contribution in [1.82, 2.24) is 4.98 Å². The number of carbonyl (C=O) groups excluding carboxylic acids is 1. The lowest BCUT2D eigenvalue weighted by atomic mass is 10.1. The number of anilines is 1. The molecule has 0 unspecified atom stereocenters. The number of rotatable bonds is 3. The van der Waals surface area contributed by atoms with Crippen molar-refractivity contribution >= 4 is 39.1 Å². The van der Waals surface area contributed by atoms with Gasteiger partial charge in [0.2, 0.25) is 0 Å². The molecule has 0 aliphatic carbocycles. The first-order valence-electron chi connectivity index (χ1n) is 6.12. The molecule has 0 saturated carbocycles. The van der Waals surface area contributed by atoms with Gasteiger partial charge in [-0.25, -0.2) is 4.79 Å². The van der Waals surface area contributed by atoms with Crippen LogP contribution in [0.4, 0.5) is 5.00 Å². The highest BCUT2D eigenvalue weighted by molar-refractivity contribution is 7.14. The Morgan fingerprint density at radius 3 is 2.71 bits per heavy atom. The van der Waals surface area contributed by atoms with E-state index in [4.69, 9.17) is 5.11 Å². The van der Waals surface area contributed by atoms with Gasteiger partial charge in [-0.2, -0.15) is 0 Å². The van der Waals surface area contributed by atoms with E-state index in [1.807, 2.05) is 12.1 Å². The minimum absolute atomic E-state index is 0.0848. The summed E-state index contributed by atoms with van der Waals surface area (Å²) in [6.45, 7) is 0. The van der Waals surface area contributed by atoms with E-state index in [1.54, 1.807) is 29.8 Å². The number of hydrogen-bond donors (Lipinski definition) is 2. The lowest BCUT2D eigenvalue weighted by molar-refractivity contribution is 0.0698. The Kier molecular flexibility index (Phi) is 3.37. The minimum atomic E-state index is -1.07. The minimum Gasteiger partial charge on any atom is -0.478 e. The topological polar surface area (TPSA) is 79.3 Å². The molecular formula is C15H10N2O3S. The number of thiophene rings is 1. The fraction of sp³-hybridized carbons (Fsp3) is 0. The fourth-order valence-electron chi connectivity index (χ4n) is 2.03. The molecule has 3 aromatic rings. The molecule has 0 bridgehead atoms. The van der Waals surface area contributed by atoms with Gasteiger partial charge in [0.25, 0.3) is 5.91 Å². The van der Waals surface area contributed by atoms with Gasteiger partial charge in [0.15, 0.2) is 0 Å². The third kappa shape index (κ3) is 2.48. The highest BCUT2D eigenvalue weighted by atomic mass is 32.1. The zero-order chi connectivity index (χ0) is 14.8. The summed E-state index contributed by atoms with van der Waals surface area (Å²) in [7, 11) is 0. The molecule has 2 aromatic heterocycles. The normalized spacial score (nSPS) is 10.5. The van der Waals surface area contributed by atoms with Crippen LogP contribution in [-0.2, 0) is 0 Å². The van der Waals surface area contributed by atoms with Gasteiger partial charge in [0.1, 0.15) is 5.00 Å². The summed E-state index contributed by atoms with van der Waals surface area (Å²) in [6.07, 6.45) is 1.62. The Balaban J connectivity index is 1.98. The summed E-state index contributed by atoms with van der Waals surface area (Å²) in [6, 6.07) is 10.4. The fourth-order valence-corrected chi connectivity index (χ4v) is 2.81. The van der Waals surface area contributed by atoms with Crippen LogP contribution in [0.1, 0.15) is 20.7 Å². The third-order valence-corrected chi connectivity index (χ3v) is 3.83. The van der Waals surface area contributed by atoms with Gasteiger partial charge in [-0.05, 0) is 23.6 Å². The molecule has 1 aromatic carbocycles. The maximum absolute atomic E-state index is 12.4. The molecule has 0 atom stereocenters. The Labute approximate surface area is 123 Å². The molecule has 0 saturated heterocycles. The number of fused-ring (bicyclic) bond motifs is 1. The van der Waals surface area contributed by atoms with Crippen molar-refractivity contribution in [3.8, 4) is 0 Å². The van der Waals surface area contributed by atoms with Gasteiger partial charge in [0.05, 0.1) is 16.6 Å². The molecule has 6 heteroatoms. The molecule has 2 N–H and O–H groups in total. The summed E-state index contributed by atoms with van der Waals surface area (Å²) in [4.78, 5) is 27.6. The van der Waals surface area contributed by atoms with Crippen LogP contribution in [0, 0.1) is 0 Å². The molecule has 0 radical (unpaired) electrons. The molecule has 0 fully saturated rings. The van der Waals surface area contributed by atoms with Crippen molar-refractivity contribution in [2.45, 2.75) is 0 Å². The number of para-hydroxylation sites is 1. The molecule has 0 aliphatic heterocycles. The summed E-state index contributed by atoms with van der Waals surface area (Å²) < 4.78 is 0. The second kappa shape index (κ2) is 5.34. The first kappa shape index (κ1) is 13.3. The molecule has 2 heterocycles. The predicted octanol–water partition coefficient (Wildman–Crippen LogP) is 3.25. The number of carbonyl (C=O) groups is 2. The van der Waals surface area contributed by atoms with Crippen molar-refractivity contribution in [3.63, 3.8) is 0 Å². The van der Waals surface area contributed by atoms with Crippen LogP contribution in [0.2, 0.25) is 0 Å². The largest absolute Gasteiger partial charge is 0.478 e. The van der Waals surface area contributed by atoms with Gasteiger partial charge in [0, 0.05) is 11.6 Å². The number of amides is 1. The number of carboxylic acid groups (broad SMARTS) is 1. The van der Waals surface area contributed by atoms with E-state index in [2.05, 4.69) is 10.3 Å². The Hall–Kier alpha value is -2.73. The summed E-state index contributed by atoms with van der Waals surface area (Å²) >= 11 is 1.17. The number of aromatic nitrogens is 1. The Bertz CT molecular complexity index is 836. The average molecular weight is 298 g/mol. The molecule has 0 aliphatic rings. The van der Waals surface area contributed by atoms with E-state index in [9.17, 15) is 9.59 Å². The number of hydrogen-bond acceptors (Lipinski definition) is 4. The molecule has 21 heavy (non-hydrogen) atoms. The lowest BCUT2D eigenvalue weighted by Gasteiger charge is -2.06. The van der Waals surface area contributed by atoms with Crippen LogP contribution in [0.5, 0.6) is 0 Å². The highest BCUT2D eigenvalue weighted by Gasteiger charge is 2.16. The van der Waals surface area contributed by atoms with Gasteiger partial charge < -0.3 is 10.4 Å². The van der Waals surface area contributed by atoms with Crippen LogP contribution >= 0.6 is 11.3 Å². The predicted molar refractivity (Wildman–Crippen MR) is 81.0 cm³/mol. The van der Waals surface area contributed by atoms with Gasteiger partial charge in [-0.1, -0.05) is 18.2 Å². The van der Waals surface area contributed by atoms with Crippen molar-refractivity contribution in [3.05, 3.63) is 59.1 Å². The van der Waals surface area contributed by atoms with Gasteiger partial charge in [-0.15, -0.1) is 11.3 Å². The number of aromatic carboxylic acids is 1. The highest BCUT2D eigenvalue weighted by Crippen LogP contribution is 2.25. The first-order valence-corrected chi connectivity index (χ1v) is 7.00. The van der Waals surface area contributed by atoms with Crippen LogP contribution in [0.3, 0.4) is 0 Å². The van der Waals surface area contributed by atoms with E-state index in [0.717, 1.165) is 5.39 Å².